The minimum Gasteiger partial charge on any atom is -0.495 e. The number of benzene rings is 1. The molecule has 0 atom stereocenters. The smallest absolute Gasteiger partial charge is 0.138 e. The number of halogens is 1. The molecule has 1 N–H and O–H groups in total. The molecule has 0 amide bonds. The number of methoxy groups -OCH3 is 1. The number of ether oxygens (including phenoxy) is 1. The van der Waals surface area contributed by atoms with Crippen LogP contribution in [-0.4, -0.2) is 12.1 Å². The Kier molecular flexibility index (Phi) is 2.61. The Labute approximate surface area is 94.2 Å². The van der Waals surface area contributed by atoms with Gasteiger partial charge in [0.25, 0.3) is 0 Å². The lowest BCUT2D eigenvalue weighted by atomic mass is 10.1. The zero-order chi connectivity index (χ0) is 11.0. The fourth-order valence-corrected chi connectivity index (χ4v) is 1.94. The second-order valence-electron chi connectivity index (χ2n) is 3.92. The number of rotatable bonds is 2. The van der Waals surface area contributed by atoms with Crippen LogP contribution in [0.25, 0.3) is 10.9 Å². The molecule has 0 aliphatic heterocycles. The molecule has 80 valence electrons. The van der Waals surface area contributed by atoms with Gasteiger partial charge in [-0.25, -0.2) is 0 Å². The highest BCUT2D eigenvalue weighted by Gasteiger charge is 2.10. The maximum Gasteiger partial charge on any atom is 0.138 e. The van der Waals surface area contributed by atoms with Crippen molar-refractivity contribution in [3.05, 3.63) is 28.9 Å². The molecule has 0 aliphatic carbocycles. The minimum absolute atomic E-state index is 0.472. The van der Waals surface area contributed by atoms with Gasteiger partial charge in [-0.2, -0.15) is 0 Å². The largest absolute Gasteiger partial charge is 0.495 e. The number of hydrogen-bond acceptors (Lipinski definition) is 1. The van der Waals surface area contributed by atoms with Crippen LogP contribution in [0.2, 0.25) is 5.02 Å². The zero-order valence-corrected chi connectivity index (χ0v) is 9.85. The predicted molar refractivity (Wildman–Crippen MR) is 63.9 cm³/mol. The van der Waals surface area contributed by atoms with Crippen LogP contribution in [0.3, 0.4) is 0 Å². The van der Waals surface area contributed by atoms with E-state index in [9.17, 15) is 0 Å². The normalized spacial score (nSPS) is 11.3. The van der Waals surface area contributed by atoms with Crippen LogP contribution in [0.15, 0.2) is 18.2 Å². The third-order valence-electron chi connectivity index (χ3n) is 2.57. The number of fused-ring (bicyclic) bond motifs is 1. The molecule has 0 saturated carbocycles. The summed E-state index contributed by atoms with van der Waals surface area (Å²) < 4.78 is 5.18. The van der Waals surface area contributed by atoms with E-state index in [2.05, 4.69) is 24.9 Å². The van der Waals surface area contributed by atoms with Crippen LogP contribution in [0.4, 0.5) is 0 Å². The molecule has 1 heterocycles. The maximum atomic E-state index is 6.21. The molecule has 1 aromatic heterocycles. The van der Waals surface area contributed by atoms with Crippen molar-refractivity contribution < 1.29 is 4.74 Å². The van der Waals surface area contributed by atoms with Gasteiger partial charge in [0.15, 0.2) is 0 Å². The third kappa shape index (κ3) is 1.70. The van der Waals surface area contributed by atoms with E-state index in [1.54, 1.807) is 7.11 Å². The van der Waals surface area contributed by atoms with E-state index in [-0.39, 0.29) is 0 Å². The lowest BCUT2D eigenvalue weighted by molar-refractivity contribution is 0.415. The summed E-state index contributed by atoms with van der Waals surface area (Å²) in [6, 6.07) is 5.96. The molecular formula is C12H14ClNO. The van der Waals surface area contributed by atoms with E-state index in [1.165, 1.54) is 5.69 Å². The highest BCUT2D eigenvalue weighted by molar-refractivity contribution is 6.37. The van der Waals surface area contributed by atoms with E-state index in [0.29, 0.717) is 10.9 Å². The molecule has 2 nitrogen and oxygen atoms in total. The highest BCUT2D eigenvalue weighted by Crippen LogP contribution is 2.34. The van der Waals surface area contributed by atoms with Gasteiger partial charge in [-0.3, -0.25) is 0 Å². The number of H-pyrrole nitrogens is 1. The van der Waals surface area contributed by atoms with Gasteiger partial charge in [0.05, 0.1) is 12.1 Å². The molecular weight excluding hydrogens is 210 g/mol. The Morgan fingerprint density at radius 3 is 2.67 bits per heavy atom. The second-order valence-corrected chi connectivity index (χ2v) is 4.30. The fraction of sp³-hybridized carbons (Fsp3) is 0.333. The van der Waals surface area contributed by atoms with Crippen LogP contribution < -0.4 is 4.74 Å². The van der Waals surface area contributed by atoms with Crippen molar-refractivity contribution in [3.63, 3.8) is 0 Å². The van der Waals surface area contributed by atoms with Crippen molar-refractivity contribution in [3.8, 4) is 5.75 Å². The Morgan fingerprint density at radius 1 is 1.33 bits per heavy atom. The summed E-state index contributed by atoms with van der Waals surface area (Å²) in [4.78, 5) is 3.35. The number of hydrogen-bond donors (Lipinski definition) is 1. The molecule has 0 fully saturated rings. The fourth-order valence-electron chi connectivity index (χ4n) is 1.64. The summed E-state index contributed by atoms with van der Waals surface area (Å²) >= 11 is 6.21. The van der Waals surface area contributed by atoms with Gasteiger partial charge >= 0.3 is 0 Å². The summed E-state index contributed by atoms with van der Waals surface area (Å²) in [6.45, 7) is 4.30. The minimum atomic E-state index is 0.472. The Balaban J connectivity index is 2.66. The quantitative estimate of drug-likeness (QED) is 0.819. The van der Waals surface area contributed by atoms with Crippen LogP contribution in [0.1, 0.15) is 25.5 Å². The van der Waals surface area contributed by atoms with E-state index in [1.807, 2.05) is 12.1 Å². The first kappa shape index (κ1) is 10.4. The highest BCUT2D eigenvalue weighted by atomic mass is 35.5. The van der Waals surface area contributed by atoms with Crippen molar-refractivity contribution in [1.29, 1.82) is 0 Å². The summed E-state index contributed by atoms with van der Waals surface area (Å²) in [5, 5.41) is 1.71. The van der Waals surface area contributed by atoms with Crippen LogP contribution in [-0.2, 0) is 0 Å². The number of nitrogens with one attached hydrogen (secondary N) is 1. The van der Waals surface area contributed by atoms with Crippen LogP contribution >= 0.6 is 11.6 Å². The van der Waals surface area contributed by atoms with Gasteiger partial charge in [0.1, 0.15) is 5.75 Å². The molecule has 0 aliphatic rings. The monoisotopic (exact) mass is 223 g/mol. The molecule has 0 saturated heterocycles. The average molecular weight is 224 g/mol. The summed E-state index contributed by atoms with van der Waals surface area (Å²) in [7, 11) is 1.63. The Bertz CT molecular complexity index is 488. The molecule has 0 bridgehead atoms. The first-order chi connectivity index (χ1) is 7.13. The molecule has 1 aromatic carbocycles. The van der Waals surface area contributed by atoms with Crippen molar-refractivity contribution in [2.45, 2.75) is 19.8 Å². The maximum absolute atomic E-state index is 6.21. The summed E-state index contributed by atoms with van der Waals surface area (Å²) in [6.07, 6.45) is 0. The van der Waals surface area contributed by atoms with Gasteiger partial charge in [-0.05, 0) is 24.1 Å². The number of aromatic amines is 1. The lowest BCUT2D eigenvalue weighted by Gasteiger charge is -2.02. The van der Waals surface area contributed by atoms with E-state index in [4.69, 9.17) is 16.3 Å². The standard InChI is InChI=1S/C12H14ClNO/c1-7(2)10-6-8-9(14-10)4-5-11(15-3)12(8)13/h4-7,14H,1-3H3. The Morgan fingerprint density at radius 2 is 2.07 bits per heavy atom. The van der Waals surface area contributed by atoms with E-state index in [0.717, 1.165) is 16.7 Å². The Hall–Kier alpha value is -1.15. The van der Waals surface area contributed by atoms with Crippen molar-refractivity contribution >= 4 is 22.5 Å². The van der Waals surface area contributed by atoms with Crippen molar-refractivity contribution in [1.82, 2.24) is 4.98 Å². The van der Waals surface area contributed by atoms with Crippen LogP contribution in [0, 0.1) is 0 Å². The molecule has 3 heteroatoms. The molecule has 0 spiro atoms. The zero-order valence-electron chi connectivity index (χ0n) is 9.10. The van der Waals surface area contributed by atoms with Gasteiger partial charge in [-0.15, -0.1) is 0 Å². The third-order valence-corrected chi connectivity index (χ3v) is 2.95. The van der Waals surface area contributed by atoms with E-state index < -0.39 is 0 Å². The first-order valence-corrected chi connectivity index (χ1v) is 5.36. The summed E-state index contributed by atoms with van der Waals surface area (Å²) in [5.41, 5.74) is 2.25. The van der Waals surface area contributed by atoms with Crippen molar-refractivity contribution in [2.75, 3.05) is 7.11 Å². The van der Waals surface area contributed by atoms with Gasteiger partial charge in [0, 0.05) is 16.6 Å². The van der Waals surface area contributed by atoms with Crippen molar-refractivity contribution in [2.24, 2.45) is 0 Å². The molecule has 0 radical (unpaired) electrons. The topological polar surface area (TPSA) is 25.0 Å². The van der Waals surface area contributed by atoms with Gasteiger partial charge in [0.2, 0.25) is 0 Å². The molecule has 0 unspecified atom stereocenters. The van der Waals surface area contributed by atoms with Gasteiger partial charge in [-0.1, -0.05) is 25.4 Å². The average Bonchev–Trinajstić information content (AvgIpc) is 2.63. The van der Waals surface area contributed by atoms with Crippen LogP contribution in [0.5, 0.6) is 5.75 Å². The second kappa shape index (κ2) is 3.78. The summed E-state index contributed by atoms with van der Waals surface area (Å²) in [5.74, 6) is 1.19. The molecule has 2 aromatic rings. The first-order valence-electron chi connectivity index (χ1n) is 4.98. The molecule has 2 rings (SSSR count). The predicted octanol–water partition coefficient (Wildman–Crippen LogP) is 3.95. The SMILES string of the molecule is COc1ccc2[nH]c(C(C)C)cc2c1Cl. The van der Waals surface area contributed by atoms with Gasteiger partial charge < -0.3 is 9.72 Å². The number of aromatic nitrogens is 1. The van der Waals surface area contributed by atoms with E-state index >= 15 is 0 Å². The lowest BCUT2D eigenvalue weighted by Crippen LogP contribution is -1.84. The molecule has 15 heavy (non-hydrogen) atoms.